The number of hydrogen-bond donors (Lipinski definition) is 0. The highest BCUT2D eigenvalue weighted by molar-refractivity contribution is 7.95. The molecule has 1 unspecified atom stereocenters. The van der Waals surface area contributed by atoms with E-state index in [1.54, 1.807) is 4.90 Å². The van der Waals surface area contributed by atoms with Crippen LogP contribution in [0.2, 0.25) is 0 Å². The van der Waals surface area contributed by atoms with E-state index in [9.17, 15) is 36.5 Å². The summed E-state index contributed by atoms with van der Waals surface area (Å²) in [6.45, 7) is 0.544. The molecule has 14 heteroatoms. The summed E-state index contributed by atoms with van der Waals surface area (Å²) in [4.78, 5) is 38.4. The number of nitro benzene ring substituents is 1. The molecular weight excluding hydrogens is 452 g/mol. The van der Waals surface area contributed by atoms with Gasteiger partial charge in [-0.15, -0.1) is 0 Å². The average Bonchev–Trinajstić information content (AvgIpc) is 3.21. The van der Waals surface area contributed by atoms with E-state index in [4.69, 9.17) is 0 Å². The molecule has 3 aliphatic heterocycles. The van der Waals surface area contributed by atoms with Crippen molar-refractivity contribution in [2.45, 2.75) is 11.7 Å². The molecule has 0 aliphatic carbocycles. The Bertz CT molecular complexity index is 1170. The molecule has 1 aromatic rings. The third kappa shape index (κ3) is 3.84. The van der Waals surface area contributed by atoms with E-state index in [-0.39, 0.29) is 61.9 Å². The van der Waals surface area contributed by atoms with Crippen LogP contribution in [0.5, 0.6) is 0 Å². The zero-order valence-corrected chi connectivity index (χ0v) is 18.0. The van der Waals surface area contributed by atoms with Crippen LogP contribution in [-0.2, 0) is 19.9 Å². The number of rotatable bonds is 5. The van der Waals surface area contributed by atoms with Gasteiger partial charge < -0.3 is 0 Å². The minimum Gasteiger partial charge on any atom is -0.283 e. The van der Waals surface area contributed by atoms with Crippen molar-refractivity contribution in [3.05, 3.63) is 39.4 Å². The maximum atomic E-state index is 12.7. The fourth-order valence-corrected chi connectivity index (χ4v) is 8.64. The summed E-state index contributed by atoms with van der Waals surface area (Å²) in [6, 6.07) is 3.88. The summed E-state index contributed by atoms with van der Waals surface area (Å²) < 4.78 is 50.0. The topological polar surface area (TPSA) is 155 Å². The Morgan fingerprint density at radius 1 is 1.10 bits per heavy atom. The highest BCUT2D eigenvalue weighted by atomic mass is 32.2. The molecule has 0 saturated carbocycles. The number of carbonyl (C=O) groups is 2. The van der Waals surface area contributed by atoms with Crippen LogP contribution in [-0.4, -0.2) is 97.3 Å². The molecule has 1 atom stereocenters. The highest BCUT2D eigenvalue weighted by Crippen LogP contribution is 2.31. The monoisotopic (exact) mass is 472 g/mol. The lowest BCUT2D eigenvalue weighted by atomic mass is 10.1. The van der Waals surface area contributed by atoms with Crippen molar-refractivity contribution >= 4 is 37.4 Å². The van der Waals surface area contributed by atoms with Gasteiger partial charge >= 0.3 is 0 Å². The normalized spacial score (nSPS) is 24.5. The Hall–Kier alpha value is -2.42. The zero-order chi connectivity index (χ0) is 22.6. The largest absolute Gasteiger partial charge is 0.283 e. The molecule has 3 heterocycles. The maximum Gasteiger partial charge on any atom is 0.282 e. The van der Waals surface area contributed by atoms with E-state index in [0.29, 0.717) is 0 Å². The number of nitro groups is 1. The molecule has 2 saturated heterocycles. The van der Waals surface area contributed by atoms with Gasteiger partial charge in [0.2, 0.25) is 10.0 Å². The molecule has 4 rings (SSSR count). The molecule has 2 amide bonds. The van der Waals surface area contributed by atoms with Crippen molar-refractivity contribution in [1.82, 2.24) is 14.1 Å². The predicted octanol–water partition coefficient (Wildman–Crippen LogP) is -0.717. The van der Waals surface area contributed by atoms with Crippen LogP contribution in [0.15, 0.2) is 18.2 Å². The molecule has 0 bridgehead atoms. The van der Waals surface area contributed by atoms with Crippen molar-refractivity contribution in [3.8, 4) is 0 Å². The Kier molecular flexibility index (Phi) is 5.36. The molecule has 168 valence electrons. The van der Waals surface area contributed by atoms with Gasteiger partial charge in [0.1, 0.15) is 5.56 Å². The SMILES string of the molecule is O=C1c2cccc([N+](=O)[O-])c2C(=O)N1CN1CCN(S(=O)(=O)C2CCS(=O)(=O)C2)CC1. The van der Waals surface area contributed by atoms with Crippen LogP contribution in [0.25, 0.3) is 0 Å². The minimum atomic E-state index is -3.76. The maximum absolute atomic E-state index is 12.7. The standard InChI is InChI=1S/C17H20N4O8S2/c22-16-13-2-1-3-14(21(24)25)15(13)17(23)20(16)11-18-5-7-19(8-6-18)31(28,29)12-4-9-30(26,27)10-12/h1-3,12H,4-11H2. The summed E-state index contributed by atoms with van der Waals surface area (Å²) in [7, 11) is -7.10. The van der Waals surface area contributed by atoms with Crippen LogP contribution in [0.1, 0.15) is 27.1 Å². The van der Waals surface area contributed by atoms with Crippen molar-refractivity contribution in [3.63, 3.8) is 0 Å². The summed E-state index contributed by atoms with van der Waals surface area (Å²) in [5.74, 6) is -1.89. The van der Waals surface area contributed by atoms with Crippen molar-refractivity contribution in [1.29, 1.82) is 0 Å². The molecule has 3 aliphatic rings. The van der Waals surface area contributed by atoms with Gasteiger partial charge in [-0.05, 0) is 12.5 Å². The van der Waals surface area contributed by atoms with E-state index in [0.717, 1.165) is 4.90 Å². The zero-order valence-electron chi connectivity index (χ0n) is 16.3. The van der Waals surface area contributed by atoms with Crippen LogP contribution in [0.4, 0.5) is 5.69 Å². The van der Waals surface area contributed by atoms with Gasteiger partial charge in [-0.1, -0.05) is 6.07 Å². The minimum absolute atomic E-state index is 0.0251. The Balaban J connectivity index is 1.42. The van der Waals surface area contributed by atoms with Gasteiger partial charge in [0.25, 0.3) is 17.5 Å². The van der Waals surface area contributed by atoms with E-state index >= 15 is 0 Å². The molecule has 12 nitrogen and oxygen atoms in total. The Morgan fingerprint density at radius 3 is 2.35 bits per heavy atom. The van der Waals surface area contributed by atoms with Crippen molar-refractivity contribution in [2.24, 2.45) is 0 Å². The van der Waals surface area contributed by atoms with E-state index < -0.39 is 47.5 Å². The van der Waals surface area contributed by atoms with Gasteiger partial charge in [0.05, 0.1) is 33.9 Å². The second-order valence-corrected chi connectivity index (χ2v) is 12.2. The van der Waals surface area contributed by atoms with Crippen LogP contribution in [0, 0.1) is 10.1 Å². The number of hydrogen-bond acceptors (Lipinski definition) is 9. The molecule has 0 spiro atoms. The third-order valence-electron chi connectivity index (χ3n) is 5.82. The Morgan fingerprint density at radius 2 is 1.77 bits per heavy atom. The smallest absolute Gasteiger partial charge is 0.282 e. The predicted molar refractivity (Wildman–Crippen MR) is 108 cm³/mol. The number of piperazine rings is 1. The second-order valence-electron chi connectivity index (χ2n) is 7.72. The Labute approximate surface area is 178 Å². The first kappa shape index (κ1) is 21.8. The van der Waals surface area contributed by atoms with Gasteiger partial charge in [0.15, 0.2) is 9.84 Å². The molecule has 0 N–H and O–H groups in total. The van der Waals surface area contributed by atoms with Gasteiger partial charge in [-0.3, -0.25) is 29.5 Å². The van der Waals surface area contributed by atoms with E-state index in [2.05, 4.69) is 0 Å². The molecule has 0 radical (unpaired) electrons. The van der Waals surface area contributed by atoms with Crippen LogP contribution >= 0.6 is 0 Å². The lowest BCUT2D eigenvalue weighted by molar-refractivity contribution is -0.385. The summed E-state index contributed by atoms with van der Waals surface area (Å²) in [5.41, 5.74) is -0.690. The number of carbonyl (C=O) groups excluding carboxylic acids is 2. The molecule has 0 aromatic heterocycles. The molecule has 2 fully saturated rings. The number of imide groups is 1. The number of fused-ring (bicyclic) bond motifs is 1. The van der Waals surface area contributed by atoms with Crippen LogP contribution < -0.4 is 0 Å². The van der Waals surface area contributed by atoms with Crippen molar-refractivity contribution < 1.29 is 31.3 Å². The van der Waals surface area contributed by atoms with Gasteiger partial charge in [-0.25, -0.2) is 16.8 Å². The number of nitrogens with zero attached hydrogens (tertiary/aromatic N) is 4. The lowest BCUT2D eigenvalue weighted by Crippen LogP contribution is -2.54. The van der Waals surface area contributed by atoms with Gasteiger partial charge in [-0.2, -0.15) is 4.31 Å². The van der Waals surface area contributed by atoms with Gasteiger partial charge in [0, 0.05) is 32.2 Å². The van der Waals surface area contributed by atoms with Crippen molar-refractivity contribution in [2.75, 3.05) is 44.4 Å². The average molecular weight is 473 g/mol. The fraction of sp³-hybridized carbons (Fsp3) is 0.529. The summed E-state index contributed by atoms with van der Waals surface area (Å²) in [5, 5.41) is 10.3. The van der Waals surface area contributed by atoms with E-state index in [1.165, 1.54) is 22.5 Å². The number of amides is 2. The second kappa shape index (κ2) is 7.62. The molecular formula is C17H20N4O8S2. The molecule has 1 aromatic carbocycles. The molecule has 31 heavy (non-hydrogen) atoms. The first-order valence-corrected chi connectivity index (χ1v) is 12.9. The lowest BCUT2D eigenvalue weighted by Gasteiger charge is -2.36. The summed E-state index contributed by atoms with van der Waals surface area (Å²) >= 11 is 0. The number of sulfone groups is 1. The van der Waals surface area contributed by atoms with E-state index in [1.807, 2.05) is 0 Å². The number of benzene rings is 1. The van der Waals surface area contributed by atoms with Crippen LogP contribution in [0.3, 0.4) is 0 Å². The fourth-order valence-electron chi connectivity index (χ4n) is 4.13. The third-order valence-corrected chi connectivity index (χ3v) is 10.1. The number of sulfonamides is 1. The first-order chi connectivity index (χ1) is 14.5. The highest BCUT2D eigenvalue weighted by Gasteiger charge is 2.43. The first-order valence-electron chi connectivity index (χ1n) is 9.56. The summed E-state index contributed by atoms with van der Waals surface area (Å²) in [6.07, 6.45) is 0.0820. The quantitative estimate of drug-likeness (QED) is 0.307.